The fraction of sp³-hybridized carbons (Fsp3) is 0.529. The molecule has 0 spiro atoms. The second-order valence-electron chi connectivity index (χ2n) is 6.66. The third kappa shape index (κ3) is 5.02. The minimum atomic E-state index is -3.60. The molecule has 7 nitrogen and oxygen atoms in total. The van der Waals surface area contributed by atoms with Crippen LogP contribution in [0.5, 0.6) is 0 Å². The standard InChI is InChI=1S/C17H24N2O5S/c1-12(2)11-18-25(23,24)15-7-5-13(6-8-15)17(22)19-9-3-4-14(19)10-16(20)21/h5-8,12,14,18H,3-4,9-11H2,1-2H3,(H,20,21). The molecule has 0 aromatic heterocycles. The number of carbonyl (C=O) groups excluding carboxylic acids is 1. The second-order valence-corrected chi connectivity index (χ2v) is 8.43. The number of nitrogens with zero attached hydrogens (tertiary/aromatic N) is 1. The van der Waals surface area contributed by atoms with E-state index < -0.39 is 16.0 Å². The van der Waals surface area contributed by atoms with Gasteiger partial charge in [-0.25, -0.2) is 13.1 Å². The minimum Gasteiger partial charge on any atom is -0.481 e. The lowest BCUT2D eigenvalue weighted by Crippen LogP contribution is -2.36. The first-order valence-electron chi connectivity index (χ1n) is 8.33. The third-order valence-electron chi connectivity index (χ3n) is 4.14. The van der Waals surface area contributed by atoms with Crippen molar-refractivity contribution in [3.8, 4) is 0 Å². The van der Waals surface area contributed by atoms with Crippen molar-refractivity contribution in [2.75, 3.05) is 13.1 Å². The Balaban J connectivity index is 2.11. The Morgan fingerprint density at radius 3 is 2.48 bits per heavy atom. The van der Waals surface area contributed by atoms with Gasteiger partial charge < -0.3 is 10.0 Å². The monoisotopic (exact) mass is 368 g/mol. The number of aliphatic carboxylic acids is 1. The quantitative estimate of drug-likeness (QED) is 0.762. The Hall–Kier alpha value is -1.93. The van der Waals surface area contributed by atoms with Gasteiger partial charge in [0.15, 0.2) is 0 Å². The van der Waals surface area contributed by atoms with E-state index in [1.54, 1.807) is 4.90 Å². The van der Waals surface area contributed by atoms with Crippen molar-refractivity contribution in [2.24, 2.45) is 5.92 Å². The molecule has 0 bridgehead atoms. The fourth-order valence-electron chi connectivity index (χ4n) is 2.82. The summed E-state index contributed by atoms with van der Waals surface area (Å²) in [6.45, 7) is 4.68. The van der Waals surface area contributed by atoms with Crippen molar-refractivity contribution in [3.63, 3.8) is 0 Å². The van der Waals surface area contributed by atoms with Crippen LogP contribution < -0.4 is 4.72 Å². The van der Waals surface area contributed by atoms with Crippen LogP contribution in [0.3, 0.4) is 0 Å². The van der Waals surface area contributed by atoms with Crippen molar-refractivity contribution in [3.05, 3.63) is 29.8 Å². The molecule has 25 heavy (non-hydrogen) atoms. The lowest BCUT2D eigenvalue weighted by atomic mass is 10.1. The van der Waals surface area contributed by atoms with Gasteiger partial charge in [-0.1, -0.05) is 13.8 Å². The molecular weight excluding hydrogens is 344 g/mol. The molecule has 1 aliphatic heterocycles. The number of hydrogen-bond donors (Lipinski definition) is 2. The van der Waals surface area contributed by atoms with E-state index in [4.69, 9.17) is 5.11 Å². The summed E-state index contributed by atoms with van der Waals surface area (Å²) in [4.78, 5) is 25.2. The number of carbonyl (C=O) groups is 2. The van der Waals surface area contributed by atoms with Crippen molar-refractivity contribution in [1.29, 1.82) is 0 Å². The van der Waals surface area contributed by atoms with Crippen LogP contribution in [0.25, 0.3) is 0 Å². The zero-order chi connectivity index (χ0) is 18.6. The minimum absolute atomic E-state index is 0.0721. The average molecular weight is 368 g/mol. The smallest absolute Gasteiger partial charge is 0.305 e. The van der Waals surface area contributed by atoms with Gasteiger partial charge in [0.2, 0.25) is 10.0 Å². The van der Waals surface area contributed by atoms with Crippen molar-refractivity contribution in [2.45, 2.75) is 44.0 Å². The van der Waals surface area contributed by atoms with E-state index in [2.05, 4.69) is 4.72 Å². The summed E-state index contributed by atoms with van der Waals surface area (Å²) in [6, 6.07) is 5.45. The predicted molar refractivity (Wildman–Crippen MR) is 92.8 cm³/mol. The summed E-state index contributed by atoms with van der Waals surface area (Å²) in [7, 11) is -3.60. The predicted octanol–water partition coefficient (Wildman–Crippen LogP) is 1.70. The van der Waals surface area contributed by atoms with Gasteiger partial charge in [0.25, 0.3) is 5.91 Å². The first-order chi connectivity index (χ1) is 11.7. The van der Waals surface area contributed by atoms with Gasteiger partial charge in [0.1, 0.15) is 0 Å². The largest absolute Gasteiger partial charge is 0.481 e. The van der Waals surface area contributed by atoms with E-state index in [0.717, 1.165) is 6.42 Å². The molecule has 1 atom stereocenters. The molecule has 2 rings (SSSR count). The van der Waals surface area contributed by atoms with Crippen LogP contribution in [0.2, 0.25) is 0 Å². The number of carboxylic acids is 1. The van der Waals surface area contributed by atoms with E-state index in [9.17, 15) is 18.0 Å². The highest BCUT2D eigenvalue weighted by molar-refractivity contribution is 7.89. The van der Waals surface area contributed by atoms with Crippen molar-refractivity contribution in [1.82, 2.24) is 9.62 Å². The molecule has 1 saturated heterocycles. The number of nitrogens with one attached hydrogen (secondary N) is 1. The molecule has 1 fully saturated rings. The Labute approximate surface area is 148 Å². The summed E-state index contributed by atoms with van der Waals surface area (Å²) in [5.41, 5.74) is 0.361. The molecule has 1 amide bonds. The number of benzene rings is 1. The number of hydrogen-bond acceptors (Lipinski definition) is 4. The van der Waals surface area contributed by atoms with Crippen molar-refractivity contribution >= 4 is 21.9 Å². The molecule has 1 heterocycles. The lowest BCUT2D eigenvalue weighted by Gasteiger charge is -2.23. The van der Waals surface area contributed by atoms with Crippen molar-refractivity contribution < 1.29 is 23.1 Å². The maximum absolute atomic E-state index is 12.6. The molecule has 1 aromatic rings. The number of amides is 1. The van der Waals surface area contributed by atoms with Crippen LogP contribution in [-0.4, -0.2) is 49.4 Å². The van der Waals surface area contributed by atoms with Gasteiger partial charge in [0.05, 0.1) is 11.3 Å². The first kappa shape index (κ1) is 19.4. The molecule has 0 radical (unpaired) electrons. The second kappa shape index (κ2) is 7.97. The van der Waals surface area contributed by atoms with Crippen LogP contribution in [0.1, 0.15) is 43.5 Å². The summed E-state index contributed by atoms with van der Waals surface area (Å²) < 4.78 is 26.9. The number of likely N-dealkylation sites (tertiary alicyclic amines) is 1. The molecule has 8 heteroatoms. The maximum Gasteiger partial charge on any atom is 0.305 e. The molecular formula is C17H24N2O5S. The summed E-state index contributed by atoms with van der Waals surface area (Å²) in [5, 5.41) is 8.95. The normalized spacial score (nSPS) is 17.9. The molecule has 0 saturated carbocycles. The van der Waals surface area contributed by atoms with Gasteiger partial charge in [-0.05, 0) is 43.0 Å². The van der Waals surface area contributed by atoms with Crippen LogP contribution >= 0.6 is 0 Å². The number of carboxylic acid groups (broad SMARTS) is 1. The van der Waals surface area contributed by atoms with Crippen LogP contribution in [0, 0.1) is 5.92 Å². The molecule has 0 aliphatic carbocycles. The van der Waals surface area contributed by atoms with E-state index in [-0.39, 0.29) is 29.2 Å². The van der Waals surface area contributed by atoms with E-state index in [0.29, 0.717) is 25.1 Å². The SMILES string of the molecule is CC(C)CNS(=O)(=O)c1ccc(C(=O)N2CCCC2CC(=O)O)cc1. The Morgan fingerprint density at radius 2 is 1.92 bits per heavy atom. The third-order valence-corrected chi connectivity index (χ3v) is 5.58. The van der Waals surface area contributed by atoms with Gasteiger partial charge in [-0.2, -0.15) is 0 Å². The summed E-state index contributed by atoms with van der Waals surface area (Å²) in [6.07, 6.45) is 1.37. The highest BCUT2D eigenvalue weighted by Gasteiger charge is 2.31. The molecule has 1 unspecified atom stereocenters. The summed E-state index contributed by atoms with van der Waals surface area (Å²) >= 11 is 0. The molecule has 1 aliphatic rings. The highest BCUT2D eigenvalue weighted by atomic mass is 32.2. The van der Waals surface area contributed by atoms with Crippen LogP contribution in [-0.2, 0) is 14.8 Å². The van der Waals surface area contributed by atoms with Gasteiger partial charge >= 0.3 is 5.97 Å². The maximum atomic E-state index is 12.6. The number of rotatable bonds is 7. The fourth-order valence-corrected chi connectivity index (χ4v) is 4.03. The van der Waals surface area contributed by atoms with E-state index >= 15 is 0 Å². The Kier molecular flexibility index (Phi) is 6.18. The lowest BCUT2D eigenvalue weighted by molar-refractivity contribution is -0.137. The van der Waals surface area contributed by atoms with Crippen LogP contribution in [0.15, 0.2) is 29.2 Å². The van der Waals surface area contributed by atoms with Gasteiger partial charge in [-0.15, -0.1) is 0 Å². The zero-order valence-corrected chi connectivity index (χ0v) is 15.3. The average Bonchev–Trinajstić information content (AvgIpc) is 3.00. The number of sulfonamides is 1. The van der Waals surface area contributed by atoms with Gasteiger partial charge in [-0.3, -0.25) is 9.59 Å². The highest BCUT2D eigenvalue weighted by Crippen LogP contribution is 2.23. The first-order valence-corrected chi connectivity index (χ1v) is 9.81. The Morgan fingerprint density at radius 1 is 1.28 bits per heavy atom. The van der Waals surface area contributed by atoms with E-state index in [1.807, 2.05) is 13.8 Å². The Bertz CT molecular complexity index is 728. The topological polar surface area (TPSA) is 104 Å². The summed E-state index contributed by atoms with van der Waals surface area (Å²) in [5.74, 6) is -0.998. The zero-order valence-electron chi connectivity index (χ0n) is 14.4. The van der Waals surface area contributed by atoms with Gasteiger partial charge in [0, 0.05) is 24.7 Å². The molecule has 1 aromatic carbocycles. The van der Waals surface area contributed by atoms with Crippen LogP contribution in [0.4, 0.5) is 0 Å². The molecule has 2 N–H and O–H groups in total. The van der Waals surface area contributed by atoms with E-state index in [1.165, 1.54) is 24.3 Å². The molecule has 138 valence electrons.